The van der Waals surface area contributed by atoms with Crippen LogP contribution in [0.3, 0.4) is 0 Å². The molecule has 8 aromatic rings. The number of benzene rings is 6. The van der Waals surface area contributed by atoms with Crippen molar-refractivity contribution in [2.24, 2.45) is 0 Å². The first-order valence-corrected chi connectivity index (χ1v) is 33.9. The van der Waals surface area contributed by atoms with E-state index in [1.54, 1.807) is 63.6 Å². The number of esters is 1. The largest absolute Gasteiger partial charge is 0.497 e. The standard InChI is InChI=1S/C40H43N3O6.C38H39N3O6/c1-3-48-35(44)19-12-26-10-14-29(15-11-26)41-39(46)40(20-7-21-40)42-38(45)28-13-17-31-33(24-28)43-22-23-49-34-25-30(47-2)16-18-32(34)37(43)36(31)27-8-5-4-6-9-27;1-46-28-14-16-30-32(23-28)47-21-20-41-31-22-26(11-15-29(31)34(35(30)41)25-6-3-2-4-7-25)36(44)40-38(18-5-19-38)37(45)39-27-12-8-24(9-13-27)10-17-33(42)43/h10-19,24-25,27H,3-9,20-23H2,1-2H3,(H,41,46)(H,42,45);8-17,22-23,25H,2-7,18-21H2,1H3,(H,39,45)(H,40,44)(H,42,43)/b19-12+;17-10+. The Bertz CT molecular complexity index is 4350. The van der Waals surface area contributed by atoms with Gasteiger partial charge in [0.05, 0.1) is 45.3 Å². The first kappa shape index (κ1) is 64.6. The van der Waals surface area contributed by atoms with Crippen LogP contribution in [-0.2, 0) is 37.0 Å². The molecule has 4 aliphatic carbocycles. The highest BCUT2D eigenvalue weighted by atomic mass is 16.5. The Morgan fingerprint density at radius 3 is 1.34 bits per heavy atom. The Balaban J connectivity index is 0.000000174. The number of aromatic nitrogens is 2. The number of carbonyl (C=O) groups is 6. The van der Waals surface area contributed by atoms with Crippen LogP contribution in [0.2, 0.25) is 0 Å². The van der Waals surface area contributed by atoms with Crippen molar-refractivity contribution in [3.05, 3.63) is 167 Å². The zero-order chi connectivity index (χ0) is 66.5. The number of carboxylic acids is 1. The first-order valence-electron chi connectivity index (χ1n) is 33.9. The fourth-order valence-electron chi connectivity index (χ4n) is 14.9. The number of anilines is 2. The van der Waals surface area contributed by atoms with Crippen LogP contribution < -0.4 is 40.2 Å². The molecule has 18 nitrogen and oxygen atoms in total. The van der Waals surface area contributed by atoms with Crippen molar-refractivity contribution in [2.45, 2.75) is 146 Å². The number of carbonyl (C=O) groups excluding carboxylic acids is 5. The molecule has 0 spiro atoms. The van der Waals surface area contributed by atoms with E-state index in [1.807, 2.05) is 60.7 Å². The van der Waals surface area contributed by atoms with E-state index >= 15 is 0 Å². The fourth-order valence-corrected chi connectivity index (χ4v) is 14.9. The van der Waals surface area contributed by atoms with Crippen molar-refractivity contribution in [1.82, 2.24) is 19.8 Å². The third-order valence-corrected chi connectivity index (χ3v) is 20.2. The molecule has 2 aromatic heterocycles. The maximum Gasteiger partial charge on any atom is 0.330 e. The molecule has 496 valence electrons. The lowest BCUT2D eigenvalue weighted by molar-refractivity contribution is -0.137. The zero-order valence-electron chi connectivity index (χ0n) is 54.7. The third-order valence-electron chi connectivity index (χ3n) is 20.2. The lowest BCUT2D eigenvalue weighted by Crippen LogP contribution is -2.61. The van der Waals surface area contributed by atoms with Crippen LogP contribution in [0.1, 0.15) is 164 Å². The summed E-state index contributed by atoms with van der Waals surface area (Å²) in [6, 6.07) is 38.1. The number of carboxylic acid groups (broad SMARTS) is 1. The van der Waals surface area contributed by atoms with Gasteiger partial charge >= 0.3 is 11.9 Å². The number of hydrogen-bond donors (Lipinski definition) is 5. The average molecular weight is 1300 g/mol. The van der Waals surface area contributed by atoms with Crippen LogP contribution in [0.25, 0.3) is 56.5 Å². The molecule has 4 amide bonds. The normalized spacial score (nSPS) is 17.0. The number of nitrogens with one attached hydrogen (secondary N) is 4. The number of hydrogen-bond acceptors (Lipinski definition) is 11. The molecular weight excluding hydrogens is 1210 g/mol. The Kier molecular flexibility index (Phi) is 18.9. The van der Waals surface area contributed by atoms with Crippen molar-refractivity contribution in [3.63, 3.8) is 0 Å². The van der Waals surface area contributed by atoms with Crippen molar-refractivity contribution >= 4 is 80.9 Å². The van der Waals surface area contributed by atoms with Crippen molar-refractivity contribution in [2.75, 3.05) is 44.7 Å². The molecule has 0 radical (unpaired) electrons. The molecule has 5 N–H and O–H groups in total. The van der Waals surface area contributed by atoms with Crippen LogP contribution in [0, 0.1) is 0 Å². The molecule has 6 aromatic carbocycles. The summed E-state index contributed by atoms with van der Waals surface area (Å²) < 4.78 is 33.1. The number of rotatable bonds is 17. The molecule has 2 aliphatic heterocycles. The van der Waals surface area contributed by atoms with Crippen LogP contribution >= 0.6 is 0 Å². The minimum atomic E-state index is -1.03. The number of ether oxygens (including phenoxy) is 5. The van der Waals surface area contributed by atoms with E-state index in [4.69, 9.17) is 28.8 Å². The number of methoxy groups -OCH3 is 2. The fraction of sp³-hybridized carbons (Fsp3) is 0.359. The summed E-state index contributed by atoms with van der Waals surface area (Å²) in [4.78, 5) is 77.3. The van der Waals surface area contributed by atoms with Crippen LogP contribution in [0.5, 0.6) is 23.0 Å². The van der Waals surface area contributed by atoms with Gasteiger partial charge in [-0.15, -0.1) is 0 Å². The second-order valence-electron chi connectivity index (χ2n) is 26.1. The quantitative estimate of drug-likeness (QED) is 0.0424. The van der Waals surface area contributed by atoms with Gasteiger partial charge in [0.2, 0.25) is 11.8 Å². The van der Waals surface area contributed by atoms with E-state index in [9.17, 15) is 28.8 Å². The van der Waals surface area contributed by atoms with Gasteiger partial charge in [0.25, 0.3) is 11.8 Å². The van der Waals surface area contributed by atoms with Gasteiger partial charge in [-0.1, -0.05) is 74.9 Å². The van der Waals surface area contributed by atoms with Crippen LogP contribution in [0.15, 0.2) is 133 Å². The summed E-state index contributed by atoms with van der Waals surface area (Å²) in [7, 11) is 3.33. The van der Waals surface area contributed by atoms with E-state index in [2.05, 4.69) is 54.7 Å². The molecule has 18 heteroatoms. The maximum atomic E-state index is 13.9. The Hall–Kier alpha value is -10.1. The number of aliphatic carboxylic acids is 1. The molecule has 4 heterocycles. The SMILES string of the molecule is CCOC(=O)/C=C/c1ccc(NC(=O)C2(NC(=O)c3ccc4c(C5CCCCC5)c5n(c4c3)CCOc3cc(OC)ccc3-5)CCC2)cc1.COc1ccc2c(c1)OCCn1c-2c(C2CCCCC2)c2ccc(C(=O)NC3(C(=O)Nc4ccc(/C=C/C(=O)O)cc4)CCC3)cc21. The Morgan fingerprint density at radius 2 is 0.958 bits per heavy atom. The van der Waals surface area contributed by atoms with Gasteiger partial charge < -0.3 is 59.2 Å². The van der Waals surface area contributed by atoms with Gasteiger partial charge in [0.1, 0.15) is 47.3 Å². The van der Waals surface area contributed by atoms with Gasteiger partial charge in [-0.3, -0.25) is 19.2 Å². The van der Waals surface area contributed by atoms with Gasteiger partial charge in [0.15, 0.2) is 0 Å². The van der Waals surface area contributed by atoms with Gasteiger partial charge in [-0.05, 0) is 190 Å². The molecule has 0 atom stereocenters. The predicted molar refractivity (Wildman–Crippen MR) is 371 cm³/mol. The molecular formula is C78H82N6O12. The predicted octanol–water partition coefficient (Wildman–Crippen LogP) is 14.8. The summed E-state index contributed by atoms with van der Waals surface area (Å²) >= 11 is 0. The summed E-state index contributed by atoms with van der Waals surface area (Å²) in [5.74, 6) is 1.55. The number of amides is 4. The Morgan fingerprint density at radius 1 is 0.531 bits per heavy atom. The van der Waals surface area contributed by atoms with E-state index in [-0.39, 0.29) is 23.6 Å². The molecule has 0 bridgehead atoms. The molecule has 4 fully saturated rings. The lowest BCUT2D eigenvalue weighted by Gasteiger charge is -2.40. The van der Waals surface area contributed by atoms with Crippen LogP contribution in [-0.4, -0.2) is 94.9 Å². The topological polar surface area (TPSA) is 227 Å². The molecule has 14 rings (SSSR count). The maximum absolute atomic E-state index is 13.9. The lowest BCUT2D eigenvalue weighted by atomic mass is 9.75. The average Bonchev–Trinajstić information content (AvgIpc) is 1.57. The monoisotopic (exact) mass is 1290 g/mol. The number of nitrogens with zero attached hydrogens (tertiary/aromatic N) is 2. The van der Waals surface area contributed by atoms with Crippen molar-refractivity contribution < 1.29 is 57.6 Å². The van der Waals surface area contributed by atoms with E-state index in [1.165, 1.54) is 84.0 Å². The second-order valence-corrected chi connectivity index (χ2v) is 26.1. The third kappa shape index (κ3) is 13.2. The highest BCUT2D eigenvalue weighted by molar-refractivity contribution is 6.08. The number of fused-ring (bicyclic) bond motifs is 10. The molecule has 0 unspecified atom stereocenters. The molecule has 4 saturated carbocycles. The Labute approximate surface area is 558 Å². The summed E-state index contributed by atoms with van der Waals surface area (Å²) in [6.45, 7) is 4.39. The smallest absolute Gasteiger partial charge is 0.330 e. The van der Waals surface area contributed by atoms with Crippen molar-refractivity contribution in [3.8, 4) is 45.5 Å². The first-order chi connectivity index (χ1) is 46.7. The summed E-state index contributed by atoms with van der Waals surface area (Å²) in [6.07, 6.45) is 21.5. The zero-order valence-corrected chi connectivity index (χ0v) is 54.7. The van der Waals surface area contributed by atoms with Gasteiger partial charge in [-0.25, -0.2) is 9.59 Å². The highest BCUT2D eigenvalue weighted by Gasteiger charge is 2.47. The summed E-state index contributed by atoms with van der Waals surface area (Å²) in [5.41, 5.74) is 10.9. The minimum absolute atomic E-state index is 0.233. The molecule has 6 aliphatic rings. The highest BCUT2D eigenvalue weighted by Crippen LogP contribution is 2.50. The van der Waals surface area contributed by atoms with Gasteiger partial charge in [-0.2, -0.15) is 0 Å². The second kappa shape index (κ2) is 28.1. The molecule has 0 saturated heterocycles. The minimum Gasteiger partial charge on any atom is -0.497 e. The van der Waals surface area contributed by atoms with E-state index in [0.717, 1.165) is 95.3 Å². The van der Waals surface area contributed by atoms with Crippen LogP contribution in [0.4, 0.5) is 11.4 Å². The van der Waals surface area contributed by atoms with E-state index < -0.39 is 23.0 Å². The van der Waals surface area contributed by atoms with Crippen molar-refractivity contribution in [1.29, 1.82) is 0 Å². The van der Waals surface area contributed by atoms with Gasteiger partial charge in [0, 0.05) is 79.7 Å². The molecule has 96 heavy (non-hydrogen) atoms. The van der Waals surface area contributed by atoms with E-state index in [0.29, 0.717) is 98.5 Å². The summed E-state index contributed by atoms with van der Waals surface area (Å²) in [5, 5.41) is 23.4.